The molecule has 4 nitrogen and oxygen atoms in total. The van der Waals surface area contributed by atoms with Crippen LogP contribution in [0.1, 0.15) is 20.8 Å². The Hall–Kier alpha value is -0.910. The van der Waals surface area contributed by atoms with Gasteiger partial charge >= 0.3 is 0 Å². The van der Waals surface area contributed by atoms with E-state index >= 15 is 0 Å². The number of hydrogen-bond donors (Lipinski definition) is 1. The molecule has 0 aliphatic carbocycles. The largest absolute Gasteiger partial charge is 0.309 e. The number of rotatable bonds is 2. The fraction of sp³-hybridized carbons (Fsp3) is 0.538. The first-order valence-electron chi connectivity index (χ1n) is 6.15. The summed E-state index contributed by atoms with van der Waals surface area (Å²) in [6, 6.07) is 8.61. The maximum absolute atomic E-state index is 12.6. The topological polar surface area (TPSA) is 49.4 Å². The van der Waals surface area contributed by atoms with E-state index in [2.05, 4.69) is 5.32 Å². The Kier molecular flexibility index (Phi) is 3.49. The van der Waals surface area contributed by atoms with Gasteiger partial charge in [0.05, 0.1) is 4.90 Å². The second-order valence-electron chi connectivity index (χ2n) is 5.48. The number of sulfonamides is 1. The van der Waals surface area contributed by atoms with Crippen molar-refractivity contribution in [1.29, 1.82) is 0 Å². The Bertz CT molecular complexity index is 511. The van der Waals surface area contributed by atoms with Gasteiger partial charge in [-0.3, -0.25) is 0 Å². The van der Waals surface area contributed by atoms with Gasteiger partial charge in [0.1, 0.15) is 0 Å². The van der Waals surface area contributed by atoms with E-state index in [1.807, 2.05) is 26.8 Å². The molecule has 0 spiro atoms. The van der Waals surface area contributed by atoms with E-state index in [0.29, 0.717) is 18.0 Å². The summed E-state index contributed by atoms with van der Waals surface area (Å²) in [5.41, 5.74) is -0.186. The lowest BCUT2D eigenvalue weighted by molar-refractivity contribution is 0.184. The molecule has 1 aromatic rings. The number of benzene rings is 1. The van der Waals surface area contributed by atoms with E-state index in [9.17, 15) is 8.42 Å². The fourth-order valence-corrected chi connectivity index (χ4v) is 3.99. The maximum atomic E-state index is 12.6. The summed E-state index contributed by atoms with van der Waals surface area (Å²) in [6.45, 7) is 7.14. The molecule has 1 aliphatic heterocycles. The maximum Gasteiger partial charge on any atom is 0.243 e. The lowest BCUT2D eigenvalue weighted by Gasteiger charge is -2.42. The Labute approximate surface area is 109 Å². The van der Waals surface area contributed by atoms with Gasteiger partial charge in [-0.15, -0.1) is 0 Å². The fourth-order valence-electron chi connectivity index (χ4n) is 2.18. The molecule has 18 heavy (non-hydrogen) atoms. The van der Waals surface area contributed by atoms with E-state index < -0.39 is 10.0 Å². The number of hydrogen-bond acceptors (Lipinski definition) is 3. The Morgan fingerprint density at radius 2 is 1.89 bits per heavy atom. The molecule has 0 aromatic heterocycles. The van der Waals surface area contributed by atoms with Crippen LogP contribution in [0, 0.1) is 0 Å². The van der Waals surface area contributed by atoms with Crippen LogP contribution in [0.3, 0.4) is 0 Å². The van der Waals surface area contributed by atoms with Crippen molar-refractivity contribution >= 4 is 10.0 Å². The Balaban J connectivity index is 2.35. The summed E-state index contributed by atoms with van der Waals surface area (Å²) >= 11 is 0. The molecular formula is C13H20N2O2S. The highest BCUT2D eigenvalue weighted by atomic mass is 32.2. The van der Waals surface area contributed by atoms with Crippen LogP contribution in [0.25, 0.3) is 0 Å². The van der Waals surface area contributed by atoms with Gasteiger partial charge in [-0.05, 0) is 32.9 Å². The quantitative estimate of drug-likeness (QED) is 0.883. The molecule has 1 atom stereocenters. The second-order valence-corrected chi connectivity index (χ2v) is 7.37. The molecule has 100 valence electrons. The van der Waals surface area contributed by atoms with Crippen LogP contribution in [0.2, 0.25) is 0 Å². The van der Waals surface area contributed by atoms with Crippen molar-refractivity contribution in [3.05, 3.63) is 30.3 Å². The number of nitrogens with zero attached hydrogens (tertiary/aromatic N) is 1. The molecule has 0 saturated carbocycles. The molecule has 0 bridgehead atoms. The molecule has 1 N–H and O–H groups in total. The molecule has 2 rings (SSSR count). The van der Waals surface area contributed by atoms with E-state index in [1.54, 1.807) is 28.6 Å². The van der Waals surface area contributed by atoms with Crippen molar-refractivity contribution in [2.24, 2.45) is 0 Å². The van der Waals surface area contributed by atoms with E-state index in [4.69, 9.17) is 0 Å². The van der Waals surface area contributed by atoms with Crippen LogP contribution in [0.5, 0.6) is 0 Å². The molecule has 1 aliphatic rings. The zero-order valence-corrected chi connectivity index (χ0v) is 11.9. The minimum Gasteiger partial charge on any atom is -0.309 e. The minimum absolute atomic E-state index is 0.0248. The standard InChI is InChI=1S/C13H20N2O2S/c1-11-9-14-13(2,3)10-15(11)18(16,17)12-7-5-4-6-8-12/h4-8,11,14H,9-10H2,1-3H3. The van der Waals surface area contributed by atoms with Crippen LogP contribution < -0.4 is 5.32 Å². The van der Waals surface area contributed by atoms with Crippen molar-refractivity contribution in [2.45, 2.75) is 37.2 Å². The highest BCUT2D eigenvalue weighted by Gasteiger charge is 2.37. The summed E-state index contributed by atoms with van der Waals surface area (Å²) in [6.07, 6.45) is 0. The van der Waals surface area contributed by atoms with Crippen molar-refractivity contribution < 1.29 is 8.42 Å². The molecule has 1 unspecified atom stereocenters. The van der Waals surface area contributed by atoms with Gasteiger partial charge in [0.15, 0.2) is 0 Å². The van der Waals surface area contributed by atoms with Crippen LogP contribution in [-0.2, 0) is 10.0 Å². The summed E-state index contributed by atoms with van der Waals surface area (Å²) in [4.78, 5) is 0.370. The van der Waals surface area contributed by atoms with Crippen LogP contribution in [0.15, 0.2) is 35.2 Å². The molecule has 0 radical (unpaired) electrons. The lowest BCUT2D eigenvalue weighted by Crippen LogP contribution is -2.61. The first kappa shape index (κ1) is 13.5. The molecule has 1 fully saturated rings. The predicted octanol–water partition coefficient (Wildman–Crippen LogP) is 1.45. The third-order valence-electron chi connectivity index (χ3n) is 3.27. The Morgan fingerprint density at radius 3 is 2.50 bits per heavy atom. The normalized spacial score (nSPS) is 24.9. The van der Waals surface area contributed by atoms with Crippen LogP contribution >= 0.6 is 0 Å². The zero-order valence-electron chi connectivity index (χ0n) is 11.1. The molecule has 1 aromatic carbocycles. The zero-order chi connectivity index (χ0) is 13.4. The van der Waals surface area contributed by atoms with E-state index in [0.717, 1.165) is 0 Å². The number of piperazine rings is 1. The molecular weight excluding hydrogens is 248 g/mol. The van der Waals surface area contributed by atoms with Gasteiger partial charge in [-0.2, -0.15) is 4.31 Å². The van der Waals surface area contributed by atoms with Crippen molar-refractivity contribution in [3.63, 3.8) is 0 Å². The van der Waals surface area contributed by atoms with Gasteiger partial charge in [0.2, 0.25) is 10.0 Å². The monoisotopic (exact) mass is 268 g/mol. The average Bonchev–Trinajstić information content (AvgIpc) is 2.33. The first-order chi connectivity index (χ1) is 8.33. The number of nitrogens with one attached hydrogen (secondary N) is 1. The van der Waals surface area contributed by atoms with Crippen molar-refractivity contribution in [2.75, 3.05) is 13.1 Å². The van der Waals surface area contributed by atoms with Crippen molar-refractivity contribution in [1.82, 2.24) is 9.62 Å². The van der Waals surface area contributed by atoms with Gasteiger partial charge in [0.25, 0.3) is 0 Å². The van der Waals surface area contributed by atoms with Gasteiger partial charge in [0, 0.05) is 24.7 Å². The van der Waals surface area contributed by atoms with Crippen LogP contribution in [-0.4, -0.2) is 37.4 Å². The van der Waals surface area contributed by atoms with Gasteiger partial charge in [-0.25, -0.2) is 8.42 Å². The molecule has 1 saturated heterocycles. The summed E-state index contributed by atoms with van der Waals surface area (Å²) in [5, 5.41) is 3.36. The summed E-state index contributed by atoms with van der Waals surface area (Å²) in [7, 11) is -3.39. The molecule has 0 amide bonds. The minimum atomic E-state index is -3.39. The third kappa shape index (κ3) is 2.58. The highest BCUT2D eigenvalue weighted by molar-refractivity contribution is 7.89. The first-order valence-corrected chi connectivity index (χ1v) is 7.59. The SMILES string of the molecule is CC1CNC(C)(C)CN1S(=O)(=O)c1ccccc1. The van der Waals surface area contributed by atoms with E-state index in [1.165, 1.54) is 0 Å². The second kappa shape index (κ2) is 4.64. The Morgan fingerprint density at radius 1 is 1.28 bits per heavy atom. The summed E-state index contributed by atoms with van der Waals surface area (Å²) < 4.78 is 26.8. The molecule has 5 heteroatoms. The van der Waals surface area contributed by atoms with Gasteiger partial charge in [-0.1, -0.05) is 18.2 Å². The highest BCUT2D eigenvalue weighted by Crippen LogP contribution is 2.23. The summed E-state index contributed by atoms with van der Waals surface area (Å²) in [5.74, 6) is 0. The van der Waals surface area contributed by atoms with E-state index in [-0.39, 0.29) is 11.6 Å². The van der Waals surface area contributed by atoms with Crippen LogP contribution in [0.4, 0.5) is 0 Å². The van der Waals surface area contributed by atoms with Gasteiger partial charge < -0.3 is 5.32 Å². The predicted molar refractivity (Wildman–Crippen MR) is 71.9 cm³/mol. The van der Waals surface area contributed by atoms with Crippen molar-refractivity contribution in [3.8, 4) is 0 Å². The molecule has 1 heterocycles. The third-order valence-corrected chi connectivity index (χ3v) is 5.24. The smallest absolute Gasteiger partial charge is 0.243 e. The lowest BCUT2D eigenvalue weighted by atomic mass is 10.0. The average molecular weight is 268 g/mol.